The monoisotopic (exact) mass is 873 g/mol. The number of hydrogen-bond donors (Lipinski definition) is 1. The van der Waals surface area contributed by atoms with E-state index in [1.54, 1.807) is 0 Å². The Morgan fingerprint density at radius 2 is 0.500 bits per heavy atom. The summed E-state index contributed by atoms with van der Waals surface area (Å²) in [6.07, 6.45) is 8.32. The van der Waals surface area contributed by atoms with Crippen molar-refractivity contribution in [1.29, 1.82) is 0 Å². The molecule has 60 heavy (non-hydrogen) atoms. The van der Waals surface area contributed by atoms with E-state index < -0.39 is 143 Å². The minimum atomic E-state index is -6.26. The summed E-state index contributed by atoms with van der Waals surface area (Å²) in [6, 6.07) is 0. The molecule has 2 aliphatic rings. The molecular weight excluding hydrogens is 833 g/mol. The molecule has 0 atom stereocenters. The third-order valence-corrected chi connectivity index (χ3v) is 12.5. The van der Waals surface area contributed by atoms with Crippen LogP contribution in [0.5, 0.6) is 0 Å². The number of rotatable bonds is 6. The van der Waals surface area contributed by atoms with E-state index in [4.69, 9.17) is 0 Å². The normalized spacial score (nSPS) is 16.5. The highest BCUT2D eigenvalue weighted by Crippen LogP contribution is 2.32. The van der Waals surface area contributed by atoms with Gasteiger partial charge in [-0.25, -0.2) is 70.2 Å². The predicted molar refractivity (Wildman–Crippen MR) is 193 cm³/mol. The van der Waals surface area contributed by atoms with Crippen LogP contribution in [0.2, 0.25) is 0 Å². The van der Waals surface area contributed by atoms with Crippen LogP contribution in [0.25, 0.3) is 0 Å². The van der Waals surface area contributed by atoms with Crippen LogP contribution in [0.4, 0.5) is 70.2 Å². The molecule has 0 aromatic heterocycles. The van der Waals surface area contributed by atoms with Gasteiger partial charge in [0.05, 0.1) is 34.3 Å². The quantitative estimate of drug-likeness (QED) is 0.0862. The molecule has 2 saturated carbocycles. The second-order valence-corrected chi connectivity index (χ2v) is 16.6. The van der Waals surface area contributed by atoms with Crippen LogP contribution in [-0.2, 0) is 0 Å². The fraction of sp³-hybridized carbons (Fsp3) is 0.429. The Kier molecular flexibility index (Phi) is 13.2. The summed E-state index contributed by atoms with van der Waals surface area (Å²) in [5, 5.41) is 2.76. The maximum absolute atomic E-state index is 16.0. The lowest BCUT2D eigenvalue weighted by atomic mass is 9.12. The predicted octanol–water partition coefficient (Wildman–Crippen LogP) is 9.52. The summed E-state index contributed by atoms with van der Waals surface area (Å²) in [7, 11) is 0. The van der Waals surface area contributed by atoms with Crippen LogP contribution < -0.4 is 27.2 Å². The minimum Gasteiger partial charge on any atom is -0.337 e. The van der Waals surface area contributed by atoms with Gasteiger partial charge in [0.25, 0.3) is 0 Å². The first kappa shape index (κ1) is 46.8. The Morgan fingerprint density at radius 3 is 0.700 bits per heavy atom. The number of nitrogens with two attached hydrogens (primary N) is 1. The van der Waals surface area contributed by atoms with Crippen LogP contribution in [0.15, 0.2) is 0 Å². The summed E-state index contributed by atoms with van der Waals surface area (Å²) in [5.41, 5.74) is -16.7. The van der Waals surface area contributed by atoms with Gasteiger partial charge in [-0.05, 0) is 67.2 Å². The summed E-state index contributed by atoms with van der Waals surface area (Å²) in [6.45, 7) is 5.98. The standard InChI is InChI=1S/C28H12BF16.C14H27N/c1-5-13(30)9(21(38)25(42)17(5)34)29(10-14(31)6(2)18(35)26(43)22(10)39,11-15(32)7(3)19(36)27(44)23(11)40)12-16(33)8(4)20(37)28(45)24(12)41;1-13(9-5-3-6-10-13)15-14(2)11-7-4-8-12-14/h1-4H3;15H,3-12H2,1-2H3/q-1;/p+1. The van der Waals surface area contributed by atoms with E-state index >= 15 is 35.1 Å². The van der Waals surface area contributed by atoms with Crippen LogP contribution in [0.3, 0.4) is 0 Å². The average molecular weight is 874 g/mol. The van der Waals surface area contributed by atoms with Gasteiger partial charge in [-0.15, -0.1) is 21.9 Å². The maximum Gasteiger partial charge on any atom is 0.191 e. The van der Waals surface area contributed by atoms with Crippen LogP contribution >= 0.6 is 0 Å². The van der Waals surface area contributed by atoms with Gasteiger partial charge in [0, 0.05) is 47.9 Å². The average Bonchev–Trinajstić information content (AvgIpc) is 3.21. The molecule has 0 heterocycles. The van der Waals surface area contributed by atoms with Gasteiger partial charge in [-0.3, -0.25) is 0 Å². The number of quaternary nitrogens is 1. The molecule has 1 nitrogen and oxygen atoms in total. The van der Waals surface area contributed by atoms with Gasteiger partial charge in [-0.2, -0.15) is 0 Å². The third kappa shape index (κ3) is 7.45. The van der Waals surface area contributed by atoms with Crippen LogP contribution in [-0.4, -0.2) is 17.2 Å². The molecule has 2 N–H and O–H groups in total. The summed E-state index contributed by atoms with van der Waals surface area (Å²) in [5.74, 6) is -44.5. The highest BCUT2D eigenvalue weighted by molar-refractivity contribution is 7.20. The molecule has 2 aliphatic carbocycles. The summed E-state index contributed by atoms with van der Waals surface area (Å²) >= 11 is 0. The molecule has 0 bridgehead atoms. The highest BCUT2D eigenvalue weighted by Gasteiger charge is 2.51. The van der Waals surface area contributed by atoms with Gasteiger partial charge in [0.2, 0.25) is 0 Å². The van der Waals surface area contributed by atoms with E-state index in [1.807, 2.05) is 0 Å². The van der Waals surface area contributed by atoms with Crippen molar-refractivity contribution < 1.29 is 75.6 Å². The van der Waals surface area contributed by atoms with E-state index in [0.29, 0.717) is 11.1 Å². The molecule has 2 fully saturated rings. The number of benzene rings is 4. The Hall–Kier alpha value is -4.22. The first-order valence-electron chi connectivity index (χ1n) is 19.2. The van der Waals surface area contributed by atoms with Crippen molar-refractivity contribution in [2.45, 2.75) is 117 Å². The number of halogens is 16. The Balaban J connectivity index is 0.000000379. The molecule has 4 aromatic carbocycles. The topological polar surface area (TPSA) is 16.6 Å². The molecule has 0 radical (unpaired) electrons. The van der Waals surface area contributed by atoms with E-state index in [1.165, 1.54) is 64.2 Å². The smallest absolute Gasteiger partial charge is 0.191 e. The minimum absolute atomic E-state index is 0.243. The molecule has 0 saturated heterocycles. The zero-order chi connectivity index (χ0) is 45.1. The highest BCUT2D eigenvalue weighted by atomic mass is 19.2. The lowest BCUT2D eigenvalue weighted by Gasteiger charge is -2.45. The Morgan fingerprint density at radius 1 is 0.300 bits per heavy atom. The van der Waals surface area contributed by atoms with Crippen molar-refractivity contribution in [2.24, 2.45) is 0 Å². The molecule has 0 spiro atoms. The second kappa shape index (κ2) is 16.9. The first-order valence-corrected chi connectivity index (χ1v) is 19.2. The fourth-order valence-corrected chi connectivity index (χ4v) is 9.33. The largest absolute Gasteiger partial charge is 0.337 e. The zero-order valence-electron chi connectivity index (χ0n) is 33.3. The lowest BCUT2D eigenvalue weighted by Crippen LogP contribution is -3.05. The SMILES string of the molecule is CC1([NH2+]C2(C)CCCCC2)CCCCC1.Cc1c(F)c(F)c(F)c([B-](c2c(F)c(C)c(F)c(F)c2F)(c2c(F)c(C)c(F)c(F)c2F)c2c(F)c(C)c(F)c(F)c2F)c1F. The second-order valence-electron chi connectivity index (χ2n) is 16.6. The zero-order valence-corrected chi connectivity index (χ0v) is 33.3. The lowest BCUT2D eigenvalue weighted by molar-refractivity contribution is -0.789. The molecule has 0 aliphatic heterocycles. The Labute approximate surface area is 335 Å². The van der Waals surface area contributed by atoms with Crippen molar-refractivity contribution in [1.82, 2.24) is 0 Å². The molecule has 18 heteroatoms. The molecule has 0 unspecified atom stereocenters. The van der Waals surface area contributed by atoms with Gasteiger partial charge < -0.3 is 5.32 Å². The maximum atomic E-state index is 16.0. The van der Waals surface area contributed by atoms with Gasteiger partial charge in [-0.1, -0.05) is 12.8 Å². The summed E-state index contributed by atoms with van der Waals surface area (Å²) < 4.78 is 245. The molecule has 328 valence electrons. The molecule has 6 rings (SSSR count). The Bertz CT molecular complexity index is 1940. The van der Waals surface area contributed by atoms with Gasteiger partial charge in [0.15, 0.2) is 46.5 Å². The third-order valence-electron chi connectivity index (χ3n) is 12.5. The van der Waals surface area contributed by atoms with Crippen LogP contribution in [0.1, 0.15) is 100 Å². The van der Waals surface area contributed by atoms with Crippen molar-refractivity contribution in [3.8, 4) is 0 Å². The van der Waals surface area contributed by atoms with Gasteiger partial charge in [0.1, 0.15) is 29.4 Å². The van der Waals surface area contributed by atoms with Crippen molar-refractivity contribution in [2.75, 3.05) is 0 Å². The van der Waals surface area contributed by atoms with Crippen molar-refractivity contribution >= 4 is 28.0 Å². The van der Waals surface area contributed by atoms with E-state index in [9.17, 15) is 35.1 Å². The molecule has 4 aromatic rings. The fourth-order valence-electron chi connectivity index (χ4n) is 9.33. The van der Waals surface area contributed by atoms with Crippen LogP contribution in [0, 0.1) is 121 Å². The van der Waals surface area contributed by atoms with E-state index in [-0.39, 0.29) is 27.7 Å². The van der Waals surface area contributed by atoms with E-state index in [2.05, 4.69) is 19.2 Å². The molecular formula is C42H40BF16N. The van der Waals surface area contributed by atoms with E-state index in [0.717, 1.165) is 0 Å². The summed E-state index contributed by atoms with van der Waals surface area (Å²) in [4.78, 5) is 0. The molecule has 0 amide bonds. The van der Waals surface area contributed by atoms with Gasteiger partial charge >= 0.3 is 0 Å². The number of hydrogen-bond acceptors (Lipinski definition) is 0. The van der Waals surface area contributed by atoms with Crippen molar-refractivity contribution in [3.63, 3.8) is 0 Å². The first-order chi connectivity index (χ1) is 27.8. The van der Waals surface area contributed by atoms with Crippen molar-refractivity contribution in [3.05, 3.63) is 115 Å².